The molecule has 1 aromatic heterocycles. The second-order valence-corrected chi connectivity index (χ2v) is 6.06. The van der Waals surface area contributed by atoms with E-state index in [1.54, 1.807) is 6.92 Å². The lowest BCUT2D eigenvalue weighted by molar-refractivity contribution is -0.671. The van der Waals surface area contributed by atoms with Gasteiger partial charge in [-0.15, -0.1) is 0 Å². The Bertz CT molecular complexity index is 458. The predicted molar refractivity (Wildman–Crippen MR) is 88.3 cm³/mol. The van der Waals surface area contributed by atoms with Crippen LogP contribution < -0.4 is 21.5 Å². The van der Waals surface area contributed by atoms with Crippen LogP contribution in [0.15, 0.2) is 30.9 Å². The highest BCUT2D eigenvalue weighted by Crippen LogP contribution is 2.09. The van der Waals surface area contributed by atoms with Crippen molar-refractivity contribution in [1.82, 2.24) is 4.57 Å². The highest BCUT2D eigenvalue weighted by Gasteiger charge is 2.02. The third-order valence-electron chi connectivity index (χ3n) is 3.72. The van der Waals surface area contributed by atoms with Crippen molar-refractivity contribution in [3.8, 4) is 0 Å². The first-order chi connectivity index (χ1) is 10.6. The average Bonchev–Trinajstić information content (AvgIpc) is 2.89. The van der Waals surface area contributed by atoms with Crippen LogP contribution in [0.5, 0.6) is 0 Å². The van der Waals surface area contributed by atoms with Crippen LogP contribution in [0.4, 0.5) is 0 Å². The van der Waals surface area contributed by atoms with Gasteiger partial charge in [0, 0.05) is 5.57 Å². The van der Waals surface area contributed by atoms with E-state index < -0.39 is 0 Å². The Balaban J connectivity index is 0.00000484. The molecule has 0 unspecified atom stereocenters. The maximum absolute atomic E-state index is 11.2. The van der Waals surface area contributed by atoms with Gasteiger partial charge in [-0.25, -0.2) is 13.9 Å². The maximum atomic E-state index is 11.2. The van der Waals surface area contributed by atoms with E-state index in [9.17, 15) is 4.79 Å². The Labute approximate surface area is 151 Å². The van der Waals surface area contributed by atoms with E-state index >= 15 is 0 Å². The van der Waals surface area contributed by atoms with Gasteiger partial charge in [0.1, 0.15) is 12.4 Å². The SMILES string of the molecule is C=C(C)C(=O)OCCCCCCCCCCn1cc[n+](C)c1.[Br-]. The summed E-state index contributed by atoms with van der Waals surface area (Å²) in [5.74, 6) is -0.267. The number of aryl methyl sites for hydroxylation is 2. The zero-order chi connectivity index (χ0) is 16.2. The second-order valence-electron chi connectivity index (χ2n) is 6.06. The molecule has 0 saturated carbocycles. The molecule has 23 heavy (non-hydrogen) atoms. The first-order valence-corrected chi connectivity index (χ1v) is 8.43. The van der Waals surface area contributed by atoms with Crippen LogP contribution in [-0.2, 0) is 23.1 Å². The van der Waals surface area contributed by atoms with Crippen LogP contribution in [0.3, 0.4) is 0 Å². The van der Waals surface area contributed by atoms with E-state index in [2.05, 4.69) is 41.5 Å². The van der Waals surface area contributed by atoms with Gasteiger partial charge in [-0.2, -0.15) is 0 Å². The van der Waals surface area contributed by atoms with Gasteiger partial charge >= 0.3 is 5.97 Å². The lowest BCUT2D eigenvalue weighted by Gasteiger charge is -2.04. The molecule has 4 nitrogen and oxygen atoms in total. The molecule has 1 rings (SSSR count). The summed E-state index contributed by atoms with van der Waals surface area (Å²) < 4.78 is 9.38. The fraction of sp³-hybridized carbons (Fsp3) is 0.667. The molecule has 0 N–H and O–H groups in total. The van der Waals surface area contributed by atoms with E-state index in [1.165, 1.54) is 38.5 Å². The summed E-state index contributed by atoms with van der Waals surface area (Å²) in [7, 11) is 2.05. The number of rotatable bonds is 12. The van der Waals surface area contributed by atoms with Gasteiger partial charge in [0.25, 0.3) is 0 Å². The molecule has 0 spiro atoms. The first-order valence-electron chi connectivity index (χ1n) is 8.43. The van der Waals surface area contributed by atoms with Crippen molar-refractivity contribution in [3.05, 3.63) is 30.9 Å². The smallest absolute Gasteiger partial charge is 0.333 e. The zero-order valence-electron chi connectivity index (χ0n) is 14.6. The summed E-state index contributed by atoms with van der Waals surface area (Å²) in [6, 6.07) is 0. The van der Waals surface area contributed by atoms with Crippen molar-refractivity contribution < 1.29 is 31.1 Å². The summed E-state index contributed by atoms with van der Waals surface area (Å²) in [4.78, 5) is 11.2. The molecule has 0 aliphatic rings. The van der Waals surface area contributed by atoms with Crippen LogP contribution in [0.25, 0.3) is 0 Å². The average molecular weight is 387 g/mol. The summed E-state index contributed by atoms with van der Waals surface area (Å²) in [5.41, 5.74) is 0.480. The highest BCUT2D eigenvalue weighted by molar-refractivity contribution is 5.86. The molecule has 0 aliphatic heterocycles. The number of carbonyl (C=O) groups is 1. The summed E-state index contributed by atoms with van der Waals surface area (Å²) in [6.07, 6.45) is 16.1. The molecule has 0 aliphatic carbocycles. The number of nitrogens with zero attached hydrogens (tertiary/aromatic N) is 2. The summed E-state index contributed by atoms with van der Waals surface area (Å²) >= 11 is 0. The van der Waals surface area contributed by atoms with Crippen molar-refractivity contribution in [2.24, 2.45) is 7.05 Å². The highest BCUT2D eigenvalue weighted by atomic mass is 79.9. The quantitative estimate of drug-likeness (QED) is 0.227. The number of aromatic nitrogens is 2. The molecule has 0 atom stereocenters. The molecular formula is C18H31BrN2O2. The van der Waals surface area contributed by atoms with E-state index in [4.69, 9.17) is 4.74 Å². The molecule has 0 radical (unpaired) electrons. The number of halogens is 1. The van der Waals surface area contributed by atoms with Crippen molar-refractivity contribution in [2.45, 2.75) is 64.8 Å². The molecule has 0 bridgehead atoms. The Morgan fingerprint density at radius 2 is 1.65 bits per heavy atom. The number of hydrogen-bond donors (Lipinski definition) is 0. The van der Waals surface area contributed by atoms with Crippen molar-refractivity contribution in [1.29, 1.82) is 0 Å². The molecule has 1 heterocycles. The van der Waals surface area contributed by atoms with Crippen LogP contribution in [-0.4, -0.2) is 17.1 Å². The number of hydrogen-bond acceptors (Lipinski definition) is 2. The van der Waals surface area contributed by atoms with Gasteiger partial charge in [-0.05, 0) is 26.2 Å². The number of ether oxygens (including phenoxy) is 1. The van der Waals surface area contributed by atoms with E-state index in [0.29, 0.717) is 12.2 Å². The normalized spacial score (nSPS) is 10.2. The van der Waals surface area contributed by atoms with Crippen LogP contribution in [0, 0.1) is 0 Å². The van der Waals surface area contributed by atoms with Crippen LogP contribution >= 0.6 is 0 Å². The fourth-order valence-corrected chi connectivity index (χ4v) is 2.38. The van der Waals surface area contributed by atoms with Gasteiger partial charge < -0.3 is 21.7 Å². The Hall–Kier alpha value is -1.10. The topological polar surface area (TPSA) is 35.1 Å². The molecule has 5 heteroatoms. The minimum absolute atomic E-state index is 0. The van der Waals surface area contributed by atoms with Crippen molar-refractivity contribution in [3.63, 3.8) is 0 Å². The Morgan fingerprint density at radius 3 is 2.17 bits per heavy atom. The Kier molecular flexibility index (Phi) is 12.7. The molecular weight excluding hydrogens is 356 g/mol. The van der Waals surface area contributed by atoms with Crippen LogP contribution in [0.2, 0.25) is 0 Å². The molecule has 0 amide bonds. The zero-order valence-corrected chi connectivity index (χ0v) is 16.2. The minimum Gasteiger partial charge on any atom is -1.00 e. The summed E-state index contributed by atoms with van der Waals surface area (Å²) in [5, 5.41) is 0. The largest absolute Gasteiger partial charge is 1.00 e. The van der Waals surface area contributed by atoms with E-state index in [0.717, 1.165) is 19.4 Å². The van der Waals surface area contributed by atoms with Crippen molar-refractivity contribution in [2.75, 3.05) is 6.61 Å². The van der Waals surface area contributed by atoms with E-state index in [-0.39, 0.29) is 23.0 Å². The lowest BCUT2D eigenvalue weighted by atomic mass is 10.1. The number of imidazole rings is 1. The van der Waals surface area contributed by atoms with Gasteiger partial charge in [0.05, 0.1) is 20.2 Å². The first kappa shape index (κ1) is 21.9. The molecule has 0 aromatic carbocycles. The van der Waals surface area contributed by atoms with E-state index in [1.807, 2.05) is 0 Å². The number of unbranched alkanes of at least 4 members (excludes halogenated alkanes) is 7. The van der Waals surface area contributed by atoms with Gasteiger partial charge in [-0.3, -0.25) is 0 Å². The standard InChI is InChI=1S/C18H31N2O2.BrH/c1-17(2)18(21)22-15-11-9-7-5-4-6-8-10-12-20-14-13-19(3)16-20;/h13-14,16H,1,4-12,15H2,2-3H3;1H/q+1;/p-1. The fourth-order valence-electron chi connectivity index (χ4n) is 2.38. The molecule has 0 fully saturated rings. The van der Waals surface area contributed by atoms with Crippen LogP contribution in [0.1, 0.15) is 58.3 Å². The molecule has 132 valence electrons. The maximum Gasteiger partial charge on any atom is 0.333 e. The van der Waals surface area contributed by atoms with Gasteiger partial charge in [0.15, 0.2) is 0 Å². The third kappa shape index (κ3) is 11.1. The predicted octanol–water partition coefficient (Wildman–Crippen LogP) is 0.557. The monoisotopic (exact) mass is 386 g/mol. The molecule has 1 aromatic rings. The molecule has 0 saturated heterocycles. The van der Waals surface area contributed by atoms with Gasteiger partial charge in [0.2, 0.25) is 6.33 Å². The Morgan fingerprint density at radius 1 is 1.09 bits per heavy atom. The number of carbonyl (C=O) groups excluding carboxylic acids is 1. The summed E-state index contributed by atoms with van der Waals surface area (Å²) in [6.45, 7) is 6.89. The van der Waals surface area contributed by atoms with Crippen molar-refractivity contribution >= 4 is 5.97 Å². The number of esters is 1. The van der Waals surface area contributed by atoms with Gasteiger partial charge in [-0.1, -0.05) is 38.7 Å². The second kappa shape index (κ2) is 13.3. The lowest BCUT2D eigenvalue weighted by Crippen LogP contribution is -3.00. The third-order valence-corrected chi connectivity index (χ3v) is 3.72. The minimum atomic E-state index is -0.267.